The minimum absolute atomic E-state index is 0.277. The van der Waals surface area contributed by atoms with Gasteiger partial charge in [-0.05, 0) is 46.3 Å². The summed E-state index contributed by atoms with van der Waals surface area (Å²) in [4.78, 5) is 4.34. The van der Waals surface area contributed by atoms with Gasteiger partial charge in [-0.3, -0.25) is 0 Å². The van der Waals surface area contributed by atoms with Crippen molar-refractivity contribution in [3.8, 4) is 22.8 Å². The summed E-state index contributed by atoms with van der Waals surface area (Å²) < 4.78 is 6.02. The highest BCUT2D eigenvalue weighted by molar-refractivity contribution is 9.10. The van der Waals surface area contributed by atoms with Crippen molar-refractivity contribution in [2.45, 2.75) is 0 Å². The van der Waals surface area contributed by atoms with Crippen LogP contribution in [-0.4, -0.2) is 10.1 Å². The van der Waals surface area contributed by atoms with Crippen LogP contribution in [0.2, 0.25) is 10.0 Å². The Balaban J connectivity index is 2.06. The fraction of sp³-hybridized carbons (Fsp3) is 0. The van der Waals surface area contributed by atoms with Crippen LogP contribution in [0.4, 0.5) is 5.69 Å². The van der Waals surface area contributed by atoms with Crippen LogP contribution in [0.1, 0.15) is 0 Å². The molecule has 0 saturated carbocycles. The van der Waals surface area contributed by atoms with E-state index in [1.54, 1.807) is 30.3 Å². The van der Waals surface area contributed by atoms with Crippen molar-refractivity contribution < 1.29 is 4.52 Å². The van der Waals surface area contributed by atoms with E-state index in [0.717, 1.165) is 10.0 Å². The number of aromatic nitrogens is 2. The largest absolute Gasteiger partial charge is 0.398 e. The molecule has 2 aromatic carbocycles. The average Bonchev–Trinajstić information content (AvgIpc) is 2.91. The molecule has 0 radical (unpaired) electrons. The lowest BCUT2D eigenvalue weighted by molar-refractivity contribution is 0.432. The highest BCUT2D eigenvalue weighted by Crippen LogP contribution is 2.34. The first-order valence-corrected chi connectivity index (χ1v) is 7.44. The Morgan fingerprint density at radius 2 is 1.90 bits per heavy atom. The van der Waals surface area contributed by atoms with Gasteiger partial charge in [0.2, 0.25) is 5.82 Å². The first kappa shape index (κ1) is 14.4. The Kier molecular flexibility index (Phi) is 3.89. The normalized spacial score (nSPS) is 10.8. The fourth-order valence-corrected chi connectivity index (χ4v) is 2.60. The van der Waals surface area contributed by atoms with Crippen LogP contribution >= 0.6 is 39.1 Å². The van der Waals surface area contributed by atoms with Crippen LogP contribution in [0.15, 0.2) is 45.4 Å². The van der Waals surface area contributed by atoms with E-state index in [-0.39, 0.29) is 5.89 Å². The molecular weight excluding hydrogens is 377 g/mol. The molecule has 0 aliphatic carbocycles. The highest BCUT2D eigenvalue weighted by Gasteiger charge is 2.16. The van der Waals surface area contributed by atoms with E-state index in [2.05, 4.69) is 26.1 Å². The van der Waals surface area contributed by atoms with Crippen molar-refractivity contribution in [1.29, 1.82) is 0 Å². The molecule has 0 aliphatic heterocycles. The lowest BCUT2D eigenvalue weighted by Gasteiger charge is -2.02. The number of nitrogen functional groups attached to an aromatic ring is 1. The molecule has 1 heterocycles. The molecule has 3 aromatic rings. The number of rotatable bonds is 2. The topological polar surface area (TPSA) is 64.9 Å². The van der Waals surface area contributed by atoms with E-state index >= 15 is 0 Å². The summed E-state index contributed by atoms with van der Waals surface area (Å²) in [6.07, 6.45) is 0. The van der Waals surface area contributed by atoms with Gasteiger partial charge in [-0.25, -0.2) is 0 Å². The maximum atomic E-state index is 6.13. The molecule has 0 aliphatic rings. The Hall–Kier alpha value is -1.56. The van der Waals surface area contributed by atoms with Crippen molar-refractivity contribution in [3.63, 3.8) is 0 Å². The molecule has 0 unspecified atom stereocenters. The van der Waals surface area contributed by atoms with Gasteiger partial charge in [-0.1, -0.05) is 34.4 Å². The summed E-state index contributed by atoms with van der Waals surface area (Å²) in [6.45, 7) is 0. The summed E-state index contributed by atoms with van der Waals surface area (Å²) in [5.41, 5.74) is 7.69. The molecule has 0 bridgehead atoms. The van der Waals surface area contributed by atoms with Crippen molar-refractivity contribution in [1.82, 2.24) is 10.1 Å². The Bertz CT molecular complexity index is 799. The molecule has 0 amide bonds. The Labute approximate surface area is 139 Å². The predicted molar refractivity (Wildman–Crippen MR) is 87.3 cm³/mol. The van der Waals surface area contributed by atoms with Crippen LogP contribution in [0.5, 0.6) is 0 Å². The lowest BCUT2D eigenvalue weighted by Crippen LogP contribution is -1.91. The van der Waals surface area contributed by atoms with Crippen molar-refractivity contribution >= 4 is 44.8 Å². The molecule has 4 nitrogen and oxygen atoms in total. The molecule has 0 atom stereocenters. The predicted octanol–water partition coefficient (Wildman–Crippen LogP) is 5.06. The summed E-state index contributed by atoms with van der Waals surface area (Å²) in [5, 5.41) is 5.02. The zero-order chi connectivity index (χ0) is 15.0. The van der Waals surface area contributed by atoms with Gasteiger partial charge in [0.05, 0.1) is 15.6 Å². The monoisotopic (exact) mass is 383 g/mol. The van der Waals surface area contributed by atoms with Gasteiger partial charge >= 0.3 is 0 Å². The van der Waals surface area contributed by atoms with Gasteiger partial charge < -0.3 is 10.3 Å². The van der Waals surface area contributed by atoms with Gasteiger partial charge in [0.15, 0.2) is 0 Å². The number of hydrogen-bond acceptors (Lipinski definition) is 4. The molecule has 3 rings (SSSR count). The third-order valence-electron chi connectivity index (χ3n) is 2.86. The Morgan fingerprint density at radius 1 is 1.10 bits per heavy atom. The smallest absolute Gasteiger partial charge is 0.261 e. The number of benzene rings is 2. The molecular formula is C14H8BrCl2N3O. The molecule has 0 fully saturated rings. The first-order chi connectivity index (χ1) is 10.1. The molecule has 21 heavy (non-hydrogen) atoms. The maximum absolute atomic E-state index is 6.13. The minimum atomic E-state index is 0.277. The molecule has 2 N–H and O–H groups in total. The zero-order valence-electron chi connectivity index (χ0n) is 10.5. The number of nitrogens with zero attached hydrogens (tertiary/aromatic N) is 2. The zero-order valence-corrected chi connectivity index (χ0v) is 13.6. The summed E-state index contributed by atoms with van der Waals surface area (Å²) in [7, 11) is 0. The molecule has 0 spiro atoms. The van der Waals surface area contributed by atoms with Gasteiger partial charge in [0.1, 0.15) is 0 Å². The van der Waals surface area contributed by atoms with E-state index in [4.69, 9.17) is 33.5 Å². The summed E-state index contributed by atoms with van der Waals surface area (Å²) >= 11 is 15.5. The minimum Gasteiger partial charge on any atom is -0.398 e. The van der Waals surface area contributed by atoms with E-state index in [0.29, 0.717) is 27.1 Å². The quantitative estimate of drug-likeness (QED) is 0.627. The second-order valence-electron chi connectivity index (χ2n) is 4.26. The van der Waals surface area contributed by atoms with Crippen molar-refractivity contribution in [2.24, 2.45) is 0 Å². The standard InChI is InChI=1S/C14H8BrCl2N3O/c15-8-6-7(4-5-9(8)16)13-19-14(21-20-13)12-10(17)2-1-3-11(12)18/h1-6H,18H2. The first-order valence-electron chi connectivity index (χ1n) is 5.90. The second kappa shape index (κ2) is 5.67. The van der Waals surface area contributed by atoms with Crippen LogP contribution in [0, 0.1) is 0 Å². The van der Waals surface area contributed by atoms with Crippen LogP contribution < -0.4 is 5.73 Å². The number of anilines is 1. The van der Waals surface area contributed by atoms with E-state index < -0.39 is 0 Å². The van der Waals surface area contributed by atoms with E-state index in [1.807, 2.05) is 6.07 Å². The van der Waals surface area contributed by atoms with Crippen LogP contribution in [-0.2, 0) is 0 Å². The van der Waals surface area contributed by atoms with Crippen molar-refractivity contribution in [2.75, 3.05) is 5.73 Å². The summed E-state index contributed by atoms with van der Waals surface area (Å²) in [6, 6.07) is 10.6. The van der Waals surface area contributed by atoms with Gasteiger partial charge in [-0.15, -0.1) is 0 Å². The Morgan fingerprint density at radius 3 is 2.62 bits per heavy atom. The van der Waals surface area contributed by atoms with E-state index in [1.165, 1.54) is 0 Å². The second-order valence-corrected chi connectivity index (χ2v) is 5.92. The third kappa shape index (κ3) is 2.77. The average molecular weight is 385 g/mol. The molecule has 106 valence electrons. The lowest BCUT2D eigenvalue weighted by atomic mass is 10.2. The molecule has 7 heteroatoms. The van der Waals surface area contributed by atoms with Crippen molar-refractivity contribution in [3.05, 3.63) is 50.9 Å². The number of hydrogen-bond donors (Lipinski definition) is 1. The molecule has 0 saturated heterocycles. The van der Waals surface area contributed by atoms with Crippen LogP contribution in [0.25, 0.3) is 22.8 Å². The third-order valence-corrected chi connectivity index (χ3v) is 4.39. The van der Waals surface area contributed by atoms with Gasteiger partial charge in [0, 0.05) is 15.7 Å². The SMILES string of the molecule is Nc1cccc(Cl)c1-c1nc(-c2ccc(Cl)c(Br)c2)no1. The van der Waals surface area contributed by atoms with Gasteiger partial charge in [-0.2, -0.15) is 4.98 Å². The maximum Gasteiger partial charge on any atom is 0.261 e. The highest BCUT2D eigenvalue weighted by atomic mass is 79.9. The van der Waals surface area contributed by atoms with Crippen LogP contribution in [0.3, 0.4) is 0 Å². The van der Waals surface area contributed by atoms with Gasteiger partial charge in [0.25, 0.3) is 5.89 Å². The fourth-order valence-electron chi connectivity index (χ4n) is 1.84. The summed E-state index contributed by atoms with van der Waals surface area (Å²) in [5.74, 6) is 0.709. The van der Waals surface area contributed by atoms with E-state index in [9.17, 15) is 0 Å². The molecule has 1 aromatic heterocycles. The number of nitrogens with two attached hydrogens (primary N) is 1. The number of halogens is 3.